The van der Waals surface area contributed by atoms with Crippen molar-refractivity contribution in [3.05, 3.63) is 0 Å². The average molecular weight is 111 g/mol. The molecule has 0 saturated heterocycles. The van der Waals surface area contributed by atoms with Crippen LogP contribution in [0.4, 0.5) is 0 Å². The van der Waals surface area contributed by atoms with Crippen molar-refractivity contribution in [1.29, 1.82) is 0 Å². The molecule has 3 nitrogen and oxygen atoms in total. The summed E-state index contributed by atoms with van der Waals surface area (Å²) >= 11 is 0. The molecule has 44 valence electrons. The van der Waals surface area contributed by atoms with Crippen molar-refractivity contribution in [2.24, 2.45) is 5.73 Å². The van der Waals surface area contributed by atoms with Gasteiger partial charge < -0.3 is 10.8 Å². The van der Waals surface area contributed by atoms with Crippen LogP contribution < -0.4 is 5.73 Å². The molecular formula is C4H10LiNO2. The van der Waals surface area contributed by atoms with Gasteiger partial charge in [0.2, 0.25) is 0 Å². The van der Waals surface area contributed by atoms with E-state index in [0.29, 0.717) is 0 Å². The SMILES string of the molecule is CC(C)(N)C(=O)O.[LiH]. The summed E-state index contributed by atoms with van der Waals surface area (Å²) in [6.45, 7) is 2.88. The monoisotopic (exact) mass is 111 g/mol. The van der Waals surface area contributed by atoms with E-state index in [1.807, 2.05) is 0 Å². The Labute approximate surface area is 60.4 Å². The van der Waals surface area contributed by atoms with Crippen LogP contribution in [0.2, 0.25) is 0 Å². The molecule has 0 aliphatic carbocycles. The number of carbonyl (C=O) groups is 1. The maximum atomic E-state index is 9.90. The van der Waals surface area contributed by atoms with Gasteiger partial charge in [0.05, 0.1) is 0 Å². The van der Waals surface area contributed by atoms with E-state index in [1.165, 1.54) is 13.8 Å². The van der Waals surface area contributed by atoms with E-state index < -0.39 is 11.5 Å². The summed E-state index contributed by atoms with van der Waals surface area (Å²) < 4.78 is 0. The van der Waals surface area contributed by atoms with Gasteiger partial charge in [-0.2, -0.15) is 0 Å². The average Bonchev–Trinajstić information content (AvgIpc) is 1.31. The Morgan fingerprint density at radius 3 is 1.75 bits per heavy atom. The first-order chi connectivity index (χ1) is 2.94. The van der Waals surface area contributed by atoms with Crippen molar-refractivity contribution in [2.45, 2.75) is 19.4 Å². The van der Waals surface area contributed by atoms with Gasteiger partial charge in [0.15, 0.2) is 0 Å². The molecule has 3 N–H and O–H groups in total. The van der Waals surface area contributed by atoms with Gasteiger partial charge in [-0.15, -0.1) is 0 Å². The molecule has 0 radical (unpaired) electrons. The fraction of sp³-hybridized carbons (Fsp3) is 0.750. The number of hydrogen-bond donors (Lipinski definition) is 2. The van der Waals surface area contributed by atoms with Gasteiger partial charge in [-0.1, -0.05) is 0 Å². The summed E-state index contributed by atoms with van der Waals surface area (Å²) in [4.78, 5) is 9.90. The first-order valence-corrected chi connectivity index (χ1v) is 1.97. The normalized spacial score (nSPS) is 9.88. The van der Waals surface area contributed by atoms with E-state index in [1.54, 1.807) is 0 Å². The quantitative estimate of drug-likeness (QED) is 0.433. The molecule has 0 rings (SSSR count). The van der Waals surface area contributed by atoms with E-state index >= 15 is 0 Å². The molecule has 0 amide bonds. The molecule has 0 aromatic carbocycles. The van der Waals surface area contributed by atoms with Crippen LogP contribution in [0.5, 0.6) is 0 Å². The van der Waals surface area contributed by atoms with Gasteiger partial charge >= 0.3 is 24.8 Å². The fourth-order valence-corrected chi connectivity index (χ4v) is 0. The van der Waals surface area contributed by atoms with E-state index in [-0.39, 0.29) is 18.9 Å². The van der Waals surface area contributed by atoms with Crippen LogP contribution in [-0.4, -0.2) is 35.5 Å². The van der Waals surface area contributed by atoms with Gasteiger partial charge in [0.25, 0.3) is 0 Å². The van der Waals surface area contributed by atoms with Gasteiger partial charge in [-0.05, 0) is 13.8 Å². The Kier molecular flexibility index (Phi) is 4.27. The molecule has 0 aromatic rings. The second-order valence-corrected chi connectivity index (χ2v) is 2.03. The van der Waals surface area contributed by atoms with Gasteiger partial charge in [0.1, 0.15) is 5.54 Å². The minimum atomic E-state index is -1.08. The molecule has 0 unspecified atom stereocenters. The van der Waals surface area contributed by atoms with Gasteiger partial charge in [0, 0.05) is 0 Å². The Morgan fingerprint density at radius 2 is 1.75 bits per heavy atom. The molecule has 0 heterocycles. The Morgan fingerprint density at radius 1 is 1.62 bits per heavy atom. The van der Waals surface area contributed by atoms with E-state index in [2.05, 4.69) is 0 Å². The second kappa shape index (κ2) is 3.13. The third-order valence-corrected chi connectivity index (χ3v) is 0.551. The van der Waals surface area contributed by atoms with Crippen LogP contribution >= 0.6 is 0 Å². The Hall–Kier alpha value is 0.0274. The van der Waals surface area contributed by atoms with Crippen molar-refractivity contribution in [2.75, 3.05) is 0 Å². The molecule has 0 saturated carbocycles. The zero-order valence-corrected chi connectivity index (χ0v) is 4.43. The fourth-order valence-electron chi connectivity index (χ4n) is 0. The number of carboxylic acids is 1. The van der Waals surface area contributed by atoms with Gasteiger partial charge in [-0.25, -0.2) is 0 Å². The van der Waals surface area contributed by atoms with E-state index in [4.69, 9.17) is 10.8 Å². The van der Waals surface area contributed by atoms with Crippen LogP contribution in [0.15, 0.2) is 0 Å². The van der Waals surface area contributed by atoms with Crippen LogP contribution in [0.1, 0.15) is 13.8 Å². The van der Waals surface area contributed by atoms with Crippen molar-refractivity contribution < 1.29 is 9.90 Å². The summed E-state index contributed by atoms with van der Waals surface area (Å²) in [5.41, 5.74) is 4.00. The predicted octanol–water partition coefficient (Wildman–Crippen LogP) is -0.840. The van der Waals surface area contributed by atoms with Crippen molar-refractivity contribution >= 4 is 24.8 Å². The van der Waals surface area contributed by atoms with E-state index in [9.17, 15) is 4.79 Å². The molecular weight excluding hydrogens is 101 g/mol. The number of nitrogens with two attached hydrogens (primary N) is 1. The van der Waals surface area contributed by atoms with Crippen LogP contribution in [0.3, 0.4) is 0 Å². The second-order valence-electron chi connectivity index (χ2n) is 2.03. The molecule has 8 heavy (non-hydrogen) atoms. The summed E-state index contributed by atoms with van der Waals surface area (Å²) in [6.07, 6.45) is 0. The summed E-state index contributed by atoms with van der Waals surface area (Å²) in [6, 6.07) is 0. The molecule has 0 aromatic heterocycles. The number of aliphatic carboxylic acids is 1. The van der Waals surface area contributed by atoms with Gasteiger partial charge in [-0.3, -0.25) is 4.79 Å². The summed E-state index contributed by atoms with van der Waals surface area (Å²) in [7, 11) is 0. The summed E-state index contributed by atoms with van der Waals surface area (Å²) in [5, 5.41) is 8.12. The Balaban J connectivity index is 0. The first kappa shape index (κ1) is 10.9. The zero-order chi connectivity index (χ0) is 6.08. The molecule has 0 aliphatic rings. The van der Waals surface area contributed by atoms with Crippen LogP contribution in [-0.2, 0) is 4.79 Å². The number of rotatable bonds is 1. The Bertz CT molecular complexity index is 86.5. The van der Waals surface area contributed by atoms with Crippen LogP contribution in [0.25, 0.3) is 0 Å². The number of carboxylic acid groups (broad SMARTS) is 1. The molecule has 4 heteroatoms. The standard InChI is InChI=1S/C4H9NO2.Li.H/c1-4(2,5)3(6)7;;/h5H2,1-2H3,(H,6,7);;. The molecule has 0 fully saturated rings. The van der Waals surface area contributed by atoms with Crippen molar-refractivity contribution in [3.8, 4) is 0 Å². The number of hydrogen-bond acceptors (Lipinski definition) is 2. The third kappa shape index (κ3) is 4.19. The van der Waals surface area contributed by atoms with Crippen molar-refractivity contribution in [3.63, 3.8) is 0 Å². The molecule has 0 bridgehead atoms. The molecule has 0 aliphatic heterocycles. The topological polar surface area (TPSA) is 63.3 Å². The molecule has 0 spiro atoms. The predicted molar refractivity (Wildman–Crippen MR) is 33.1 cm³/mol. The first-order valence-electron chi connectivity index (χ1n) is 1.97. The van der Waals surface area contributed by atoms with Crippen molar-refractivity contribution in [1.82, 2.24) is 0 Å². The van der Waals surface area contributed by atoms with E-state index in [0.717, 1.165) is 0 Å². The van der Waals surface area contributed by atoms with Crippen LogP contribution in [0, 0.1) is 0 Å². The zero-order valence-electron chi connectivity index (χ0n) is 4.43. The molecule has 0 atom stereocenters. The maximum absolute atomic E-state index is 9.90. The minimum absolute atomic E-state index is 0. The summed E-state index contributed by atoms with van der Waals surface area (Å²) in [5.74, 6) is -0.979. The third-order valence-electron chi connectivity index (χ3n) is 0.551.